The van der Waals surface area contributed by atoms with Gasteiger partial charge in [-0.2, -0.15) is 0 Å². The van der Waals surface area contributed by atoms with Crippen LogP contribution >= 0.6 is 22.7 Å². The van der Waals surface area contributed by atoms with Gasteiger partial charge in [0.2, 0.25) is 0 Å². The maximum Gasteiger partial charge on any atom is 0.194 e. The van der Waals surface area contributed by atoms with Crippen molar-refractivity contribution in [2.75, 3.05) is 0 Å². The van der Waals surface area contributed by atoms with E-state index in [-0.39, 0.29) is 17.0 Å². The van der Waals surface area contributed by atoms with Gasteiger partial charge in [0.05, 0.1) is 0 Å². The summed E-state index contributed by atoms with van der Waals surface area (Å²) < 4.78 is 0. The van der Waals surface area contributed by atoms with Crippen LogP contribution in [0.5, 0.6) is 0 Å². The number of carbonyl (C=O) groups excluding carboxylic acids is 2. The fraction of sp³-hybridized carbons (Fsp3) is 0.0811. The van der Waals surface area contributed by atoms with Gasteiger partial charge in [-0.15, -0.1) is 22.7 Å². The van der Waals surface area contributed by atoms with Gasteiger partial charge in [0.1, 0.15) is 0 Å². The molecule has 0 N–H and O–H groups in total. The number of hydrogen-bond acceptors (Lipinski definition) is 4. The molecule has 4 aromatic carbocycles. The van der Waals surface area contributed by atoms with Crippen molar-refractivity contribution in [2.45, 2.75) is 19.3 Å². The van der Waals surface area contributed by atoms with Crippen molar-refractivity contribution in [3.63, 3.8) is 0 Å². The summed E-state index contributed by atoms with van der Waals surface area (Å²) in [6.45, 7) is 4.51. The Hall–Kier alpha value is -4.38. The minimum atomic E-state index is -0.264. The van der Waals surface area contributed by atoms with Gasteiger partial charge in [-0.3, -0.25) is 9.59 Å². The molecule has 0 bridgehead atoms. The Morgan fingerprint density at radius 1 is 0.463 bits per heavy atom. The molecular formula is C37H22O2S2. The summed E-state index contributed by atoms with van der Waals surface area (Å²) in [6, 6.07) is 29.4. The SMILES string of the molecule is CC1(C)c2cc3c(cc2-c2cc4c(cc21)-c1ccc(-c2cccs2)cc1C4=O)C(=O)c1cc(-c2cccs2)ccc1-3. The molecule has 2 nitrogen and oxygen atoms in total. The van der Waals surface area contributed by atoms with E-state index >= 15 is 0 Å². The van der Waals surface area contributed by atoms with Gasteiger partial charge in [0, 0.05) is 37.4 Å². The standard InChI is InChI=1S/C37H22O2S2/c1-37(2)31-17-23-21-9-7-19(33-5-3-11-40-33)13-27(21)35(38)29(23)15-25(31)26-16-30-24(18-32(26)37)22-10-8-20(14-28(22)36(30)39)34-6-4-12-41-34/h3-18H,1-2H3. The number of rotatable bonds is 2. The zero-order valence-corrected chi connectivity index (χ0v) is 24.0. The van der Waals surface area contributed by atoms with Crippen LogP contribution < -0.4 is 0 Å². The highest BCUT2D eigenvalue weighted by Crippen LogP contribution is 2.55. The van der Waals surface area contributed by atoms with Gasteiger partial charge in [0.15, 0.2) is 11.6 Å². The third-order valence-electron chi connectivity index (χ3n) is 9.16. The lowest BCUT2D eigenvalue weighted by Crippen LogP contribution is -2.15. The Kier molecular flexibility index (Phi) is 4.48. The summed E-state index contributed by atoms with van der Waals surface area (Å²) in [4.78, 5) is 29.8. The predicted octanol–water partition coefficient (Wildman–Crippen LogP) is 9.87. The summed E-state index contributed by atoms with van der Waals surface area (Å²) in [6.07, 6.45) is 0. The van der Waals surface area contributed by atoms with Crippen molar-refractivity contribution in [1.82, 2.24) is 0 Å². The van der Waals surface area contributed by atoms with Gasteiger partial charge in [0.25, 0.3) is 0 Å². The van der Waals surface area contributed by atoms with Gasteiger partial charge in [-0.05, 0) is 115 Å². The highest BCUT2D eigenvalue weighted by molar-refractivity contribution is 7.13. The van der Waals surface area contributed by atoms with Crippen LogP contribution in [0.25, 0.3) is 54.3 Å². The molecule has 0 spiro atoms. The van der Waals surface area contributed by atoms with E-state index < -0.39 is 0 Å². The molecule has 194 valence electrons. The monoisotopic (exact) mass is 562 g/mol. The highest BCUT2D eigenvalue weighted by atomic mass is 32.1. The second-order valence-corrected chi connectivity index (χ2v) is 13.5. The average Bonchev–Trinajstić information content (AvgIpc) is 3.82. The number of hydrogen-bond donors (Lipinski definition) is 0. The molecule has 2 aromatic heterocycles. The Morgan fingerprint density at radius 3 is 1.32 bits per heavy atom. The van der Waals surface area contributed by atoms with E-state index in [1.807, 2.05) is 24.3 Å². The molecule has 0 unspecified atom stereocenters. The lowest BCUT2D eigenvalue weighted by Gasteiger charge is -2.22. The molecule has 0 saturated carbocycles. The van der Waals surface area contributed by atoms with E-state index in [1.165, 1.54) is 11.1 Å². The normalized spacial score (nSPS) is 14.9. The van der Waals surface area contributed by atoms with Crippen molar-refractivity contribution in [2.24, 2.45) is 0 Å². The molecule has 0 fully saturated rings. The van der Waals surface area contributed by atoms with Gasteiger partial charge in [-0.25, -0.2) is 0 Å². The van der Waals surface area contributed by atoms with Crippen molar-refractivity contribution in [3.8, 4) is 54.3 Å². The number of fused-ring (bicyclic) bond motifs is 9. The number of thiophene rings is 2. The van der Waals surface area contributed by atoms with Gasteiger partial charge in [-0.1, -0.05) is 50.2 Å². The molecule has 0 saturated heterocycles. The van der Waals surface area contributed by atoms with Crippen LogP contribution in [0, 0.1) is 0 Å². The molecule has 3 aliphatic carbocycles. The minimum Gasteiger partial charge on any atom is -0.289 e. The summed E-state index contributed by atoms with van der Waals surface area (Å²) >= 11 is 3.37. The highest BCUT2D eigenvalue weighted by Gasteiger charge is 2.41. The van der Waals surface area contributed by atoms with Crippen molar-refractivity contribution in [3.05, 3.63) is 129 Å². The molecule has 6 aromatic rings. The van der Waals surface area contributed by atoms with Crippen LogP contribution in [-0.4, -0.2) is 11.6 Å². The van der Waals surface area contributed by atoms with Crippen LogP contribution in [0.2, 0.25) is 0 Å². The van der Waals surface area contributed by atoms with Gasteiger partial charge < -0.3 is 0 Å². The number of carbonyl (C=O) groups is 2. The van der Waals surface area contributed by atoms with Crippen LogP contribution in [0.15, 0.2) is 95.7 Å². The largest absolute Gasteiger partial charge is 0.289 e. The third kappa shape index (κ3) is 3.01. The second kappa shape index (κ2) is 7.88. The van der Waals surface area contributed by atoms with Crippen LogP contribution in [0.1, 0.15) is 56.8 Å². The number of benzene rings is 4. The first-order valence-corrected chi connectivity index (χ1v) is 15.5. The molecule has 0 amide bonds. The van der Waals surface area contributed by atoms with E-state index in [2.05, 4.69) is 85.3 Å². The molecule has 0 aliphatic heterocycles. The molecule has 9 rings (SSSR count). The van der Waals surface area contributed by atoms with E-state index in [4.69, 9.17) is 0 Å². The summed E-state index contributed by atoms with van der Waals surface area (Å²) in [7, 11) is 0. The summed E-state index contributed by atoms with van der Waals surface area (Å²) in [5, 5.41) is 4.12. The molecule has 3 aliphatic rings. The number of ketones is 2. The van der Waals surface area contributed by atoms with E-state index in [1.54, 1.807) is 22.7 Å². The minimum absolute atomic E-state index is 0.0770. The Labute approximate surface area is 245 Å². The van der Waals surface area contributed by atoms with Crippen LogP contribution in [-0.2, 0) is 5.41 Å². The Bertz CT molecular complexity index is 1990. The first-order valence-electron chi connectivity index (χ1n) is 13.7. The lowest BCUT2D eigenvalue weighted by atomic mass is 9.80. The van der Waals surface area contributed by atoms with E-state index in [0.717, 1.165) is 76.5 Å². The second-order valence-electron chi connectivity index (χ2n) is 11.6. The van der Waals surface area contributed by atoms with Gasteiger partial charge >= 0.3 is 0 Å². The maximum atomic E-state index is 13.8. The zero-order valence-electron chi connectivity index (χ0n) is 22.4. The summed E-state index contributed by atoms with van der Waals surface area (Å²) in [5.41, 5.74) is 13.5. The van der Waals surface area contributed by atoms with Crippen LogP contribution in [0.3, 0.4) is 0 Å². The summed E-state index contributed by atoms with van der Waals surface area (Å²) in [5.74, 6) is 0.154. The average molecular weight is 563 g/mol. The molecule has 4 heteroatoms. The maximum absolute atomic E-state index is 13.8. The molecule has 2 heterocycles. The quantitative estimate of drug-likeness (QED) is 0.210. The topological polar surface area (TPSA) is 34.1 Å². The smallest absolute Gasteiger partial charge is 0.194 e. The molecule has 0 atom stereocenters. The van der Waals surface area contributed by atoms with Crippen molar-refractivity contribution < 1.29 is 9.59 Å². The molecular weight excluding hydrogens is 541 g/mol. The Morgan fingerprint density at radius 2 is 0.902 bits per heavy atom. The zero-order chi connectivity index (χ0) is 27.6. The lowest BCUT2D eigenvalue weighted by molar-refractivity contribution is 0.103. The molecule has 41 heavy (non-hydrogen) atoms. The van der Waals surface area contributed by atoms with E-state index in [9.17, 15) is 9.59 Å². The fourth-order valence-electron chi connectivity index (χ4n) is 7.06. The first kappa shape index (κ1) is 23.3. The van der Waals surface area contributed by atoms with E-state index in [0.29, 0.717) is 0 Å². The predicted molar refractivity (Wildman–Crippen MR) is 168 cm³/mol. The Balaban J connectivity index is 1.18. The molecule has 0 radical (unpaired) electrons. The third-order valence-corrected chi connectivity index (χ3v) is 11.0. The first-order chi connectivity index (χ1) is 19.9. The fourth-order valence-corrected chi connectivity index (χ4v) is 8.51. The van der Waals surface area contributed by atoms with Crippen molar-refractivity contribution >= 4 is 34.2 Å². The van der Waals surface area contributed by atoms with Crippen molar-refractivity contribution in [1.29, 1.82) is 0 Å². The van der Waals surface area contributed by atoms with Crippen LogP contribution in [0.4, 0.5) is 0 Å².